The Morgan fingerprint density at radius 1 is 0.952 bits per heavy atom. The Morgan fingerprint density at radius 2 is 1.64 bits per heavy atom. The number of nitrogens with one attached hydrogen (secondary N) is 1. The smallest absolute Gasteiger partial charge is 0.336 e. The molecule has 0 amide bonds. The first-order chi connectivity index (χ1) is 20.3. The molecule has 2 aliphatic heterocycles. The molecule has 0 radical (unpaired) electrons. The predicted octanol–water partition coefficient (Wildman–Crippen LogP) is 6.21. The molecule has 2 aromatic rings. The summed E-state index contributed by atoms with van der Waals surface area (Å²) in [7, 11) is 3.48. The van der Waals surface area contributed by atoms with E-state index in [0.717, 1.165) is 28.9 Å². The van der Waals surface area contributed by atoms with E-state index in [-0.39, 0.29) is 18.6 Å². The van der Waals surface area contributed by atoms with Crippen LogP contribution in [0, 0.1) is 5.92 Å². The second-order valence-corrected chi connectivity index (χ2v) is 12.0. The third kappa shape index (κ3) is 6.12. The molecule has 2 heterocycles. The molecular weight excluding hydrogens is 528 g/mol. The Morgan fingerprint density at radius 3 is 2.33 bits per heavy atom. The minimum atomic E-state index is -0.693. The zero-order valence-corrected chi connectivity index (χ0v) is 25.6. The van der Waals surface area contributed by atoms with E-state index in [9.17, 15) is 9.59 Å². The maximum Gasteiger partial charge on any atom is 0.336 e. The van der Waals surface area contributed by atoms with Crippen molar-refractivity contribution in [3.63, 3.8) is 0 Å². The SMILES string of the molecule is COC(=O)C1=C(C)NC(C)=C(C(=O)OCCN(C)C2CCCCC2)C1c1cccc2c1OC(c1ccccc1)C(C)C2. The number of hydrogen-bond acceptors (Lipinski definition) is 7. The fourth-order valence-corrected chi connectivity index (χ4v) is 6.89. The largest absolute Gasteiger partial charge is 0.485 e. The van der Waals surface area contributed by atoms with E-state index in [1.54, 1.807) is 0 Å². The highest BCUT2D eigenvalue weighted by atomic mass is 16.5. The van der Waals surface area contributed by atoms with Crippen molar-refractivity contribution in [1.82, 2.24) is 10.2 Å². The van der Waals surface area contributed by atoms with Gasteiger partial charge >= 0.3 is 11.9 Å². The van der Waals surface area contributed by atoms with Crippen LogP contribution in [0.2, 0.25) is 0 Å². The van der Waals surface area contributed by atoms with Crippen molar-refractivity contribution in [1.29, 1.82) is 0 Å². The Bertz CT molecular complexity index is 1360. The Balaban J connectivity index is 1.48. The molecule has 0 spiro atoms. The predicted molar refractivity (Wildman–Crippen MR) is 163 cm³/mol. The number of nitrogens with zero attached hydrogens (tertiary/aromatic N) is 1. The summed E-state index contributed by atoms with van der Waals surface area (Å²) in [6.07, 6.45) is 6.86. The molecule has 1 N–H and O–H groups in total. The summed E-state index contributed by atoms with van der Waals surface area (Å²) < 4.78 is 17.9. The number of fused-ring (bicyclic) bond motifs is 1. The lowest BCUT2D eigenvalue weighted by Crippen LogP contribution is -2.37. The van der Waals surface area contributed by atoms with Crippen LogP contribution in [0.15, 0.2) is 71.1 Å². The van der Waals surface area contributed by atoms with E-state index in [0.29, 0.717) is 35.1 Å². The van der Waals surface area contributed by atoms with Crippen molar-refractivity contribution >= 4 is 11.9 Å². The van der Waals surface area contributed by atoms with Gasteiger partial charge in [0.05, 0.1) is 24.2 Å². The molecule has 3 aliphatic rings. The van der Waals surface area contributed by atoms with Gasteiger partial charge in [0.25, 0.3) is 0 Å². The highest BCUT2D eigenvalue weighted by molar-refractivity contribution is 6.00. The number of benzene rings is 2. The molecule has 7 heteroatoms. The van der Waals surface area contributed by atoms with E-state index >= 15 is 0 Å². The lowest BCUT2D eigenvalue weighted by Gasteiger charge is -2.36. The first kappa shape index (κ1) is 29.9. The van der Waals surface area contributed by atoms with E-state index in [4.69, 9.17) is 14.2 Å². The van der Waals surface area contributed by atoms with Crippen LogP contribution in [-0.4, -0.2) is 50.2 Å². The zero-order valence-electron chi connectivity index (χ0n) is 25.6. The quantitative estimate of drug-likeness (QED) is 0.377. The molecule has 0 aromatic heterocycles. The molecule has 3 unspecified atom stereocenters. The molecule has 1 saturated carbocycles. The summed E-state index contributed by atoms with van der Waals surface area (Å²) in [6, 6.07) is 16.8. The second-order valence-electron chi connectivity index (χ2n) is 12.0. The van der Waals surface area contributed by atoms with E-state index in [2.05, 4.69) is 42.4 Å². The van der Waals surface area contributed by atoms with Crippen LogP contribution in [-0.2, 0) is 25.5 Å². The van der Waals surface area contributed by atoms with Crippen LogP contribution in [0.25, 0.3) is 0 Å². The van der Waals surface area contributed by atoms with E-state index in [1.807, 2.05) is 44.2 Å². The van der Waals surface area contributed by atoms with Gasteiger partial charge in [-0.25, -0.2) is 9.59 Å². The van der Waals surface area contributed by atoms with E-state index < -0.39 is 17.9 Å². The third-order valence-electron chi connectivity index (χ3n) is 9.13. The highest BCUT2D eigenvalue weighted by Crippen LogP contribution is 2.48. The van der Waals surface area contributed by atoms with Crippen LogP contribution < -0.4 is 10.1 Å². The fraction of sp³-hybridized carbons (Fsp3) is 0.486. The number of esters is 2. The highest BCUT2D eigenvalue weighted by Gasteiger charge is 2.41. The lowest BCUT2D eigenvalue weighted by molar-refractivity contribution is -0.140. The number of dihydropyridines is 1. The first-order valence-electron chi connectivity index (χ1n) is 15.3. The van der Waals surface area contributed by atoms with Gasteiger partial charge in [0, 0.05) is 35.5 Å². The molecule has 5 rings (SSSR count). The molecule has 0 bridgehead atoms. The van der Waals surface area contributed by atoms with Crippen molar-refractivity contribution in [3.8, 4) is 5.75 Å². The van der Waals surface area contributed by atoms with Gasteiger partial charge in [-0.1, -0.05) is 74.7 Å². The van der Waals surface area contributed by atoms with Crippen molar-refractivity contribution in [2.75, 3.05) is 27.3 Å². The number of hydrogen-bond donors (Lipinski definition) is 1. The number of rotatable bonds is 8. The van der Waals surface area contributed by atoms with Gasteiger partial charge in [-0.05, 0) is 51.3 Å². The van der Waals surface area contributed by atoms with Gasteiger partial charge in [-0.2, -0.15) is 0 Å². The van der Waals surface area contributed by atoms with Crippen molar-refractivity contribution in [3.05, 3.63) is 87.8 Å². The number of carbonyl (C=O) groups excluding carboxylic acids is 2. The minimum Gasteiger partial charge on any atom is -0.485 e. The van der Waals surface area contributed by atoms with Crippen LogP contribution in [0.5, 0.6) is 5.75 Å². The molecular formula is C35H44N2O5. The normalized spacial score (nSPS) is 22.8. The summed E-state index contributed by atoms with van der Waals surface area (Å²) >= 11 is 0. The number of methoxy groups -OCH3 is 1. The standard InChI is InChI=1S/C35H44N2O5/c1-22-21-26-15-12-18-28(33(26)42-32(22)25-13-8-6-9-14-25)31-29(34(38)40-5)23(2)36-24(3)30(31)35(39)41-20-19-37(4)27-16-10-7-11-17-27/h6,8-9,12-15,18,22,27,31-32,36H,7,10-11,16-17,19-21H2,1-5H3. The number of allylic oxidation sites excluding steroid dienone is 2. The Labute approximate surface area is 249 Å². The van der Waals surface area contributed by atoms with Gasteiger partial charge in [0.1, 0.15) is 18.5 Å². The fourth-order valence-electron chi connectivity index (χ4n) is 6.89. The zero-order chi connectivity index (χ0) is 29.8. The van der Waals surface area contributed by atoms with Crippen LogP contribution in [0.1, 0.15) is 81.6 Å². The van der Waals surface area contributed by atoms with Gasteiger partial charge in [0.2, 0.25) is 0 Å². The molecule has 0 saturated heterocycles. The van der Waals surface area contributed by atoms with Crippen LogP contribution in [0.4, 0.5) is 0 Å². The third-order valence-corrected chi connectivity index (χ3v) is 9.13. The van der Waals surface area contributed by atoms with Crippen LogP contribution in [0.3, 0.4) is 0 Å². The Hall–Kier alpha value is -3.58. The van der Waals surface area contributed by atoms with Crippen molar-refractivity contribution < 1.29 is 23.8 Å². The number of likely N-dealkylation sites (N-methyl/N-ethyl adjacent to an activating group) is 1. The summed E-state index contributed by atoms with van der Waals surface area (Å²) in [4.78, 5) is 29.4. The topological polar surface area (TPSA) is 77.1 Å². The number of para-hydroxylation sites is 1. The summed E-state index contributed by atoms with van der Waals surface area (Å²) in [5.41, 5.74) is 5.05. The molecule has 224 valence electrons. The molecule has 2 aromatic carbocycles. The van der Waals surface area contributed by atoms with Gasteiger partial charge in [0.15, 0.2) is 0 Å². The monoisotopic (exact) mass is 572 g/mol. The molecule has 42 heavy (non-hydrogen) atoms. The van der Waals surface area contributed by atoms with Gasteiger partial charge in [-0.3, -0.25) is 0 Å². The van der Waals surface area contributed by atoms with Crippen LogP contribution >= 0.6 is 0 Å². The molecule has 1 fully saturated rings. The first-order valence-corrected chi connectivity index (χ1v) is 15.3. The van der Waals surface area contributed by atoms with E-state index in [1.165, 1.54) is 39.2 Å². The van der Waals surface area contributed by atoms with Crippen molar-refractivity contribution in [2.24, 2.45) is 5.92 Å². The average molecular weight is 573 g/mol. The Kier molecular flexibility index (Phi) is 9.37. The average Bonchev–Trinajstić information content (AvgIpc) is 3.00. The summed E-state index contributed by atoms with van der Waals surface area (Å²) in [5, 5.41) is 3.25. The maximum atomic E-state index is 13.9. The molecule has 7 nitrogen and oxygen atoms in total. The number of carbonyl (C=O) groups is 2. The molecule has 1 aliphatic carbocycles. The maximum absolute atomic E-state index is 13.9. The van der Waals surface area contributed by atoms with Gasteiger partial charge in [-0.15, -0.1) is 0 Å². The van der Waals surface area contributed by atoms with Gasteiger partial charge < -0.3 is 24.4 Å². The summed E-state index contributed by atoms with van der Waals surface area (Å²) in [5.74, 6) is -0.635. The summed E-state index contributed by atoms with van der Waals surface area (Å²) in [6.45, 7) is 6.84. The second kappa shape index (κ2) is 13.2. The van der Waals surface area contributed by atoms with Crippen molar-refractivity contribution in [2.45, 2.75) is 77.4 Å². The molecule has 3 atom stereocenters. The lowest BCUT2D eigenvalue weighted by atomic mass is 9.78. The minimum absolute atomic E-state index is 0.149. The number of ether oxygens (including phenoxy) is 3.